The molecular formula is C50H42CaF4O10. The number of carbonyl (C=O) groups is 2. The quantitative estimate of drug-likeness (QED) is 0.0637. The first-order valence-corrected chi connectivity index (χ1v) is 20.2. The largest absolute Gasteiger partial charge is 2.00 e. The number of carbonyl (C=O) groups excluding carboxylic acids is 2. The second-order valence-corrected chi connectivity index (χ2v) is 15.1. The summed E-state index contributed by atoms with van der Waals surface area (Å²) in [5.74, 6) is -1.34. The molecule has 0 radical (unpaired) electrons. The minimum absolute atomic E-state index is 0. The van der Waals surface area contributed by atoms with Crippen LogP contribution in [0.3, 0.4) is 0 Å². The first kappa shape index (κ1) is 49.1. The second-order valence-electron chi connectivity index (χ2n) is 15.1. The maximum absolute atomic E-state index is 13.3. The van der Waals surface area contributed by atoms with Gasteiger partial charge in [0, 0.05) is 11.1 Å². The monoisotopic (exact) mass is 918 g/mol. The smallest absolute Gasteiger partial charge is 0.548 e. The Balaban J connectivity index is 0.000000212. The molecule has 15 heteroatoms. The van der Waals surface area contributed by atoms with E-state index in [4.69, 9.17) is 28.4 Å². The third kappa shape index (κ3) is 12.5. The molecular weight excluding hydrogens is 877 g/mol. The average molecular weight is 919 g/mol. The van der Waals surface area contributed by atoms with Crippen LogP contribution in [0.2, 0.25) is 0 Å². The van der Waals surface area contributed by atoms with E-state index in [0.29, 0.717) is 33.8 Å². The zero-order valence-electron chi connectivity index (χ0n) is 35.0. The van der Waals surface area contributed by atoms with Crippen molar-refractivity contribution in [3.8, 4) is 33.8 Å². The summed E-state index contributed by atoms with van der Waals surface area (Å²) in [4.78, 5) is 21.4. The molecule has 0 saturated carbocycles. The van der Waals surface area contributed by atoms with Gasteiger partial charge >= 0.3 is 37.7 Å². The molecule has 2 aliphatic rings. The number of aliphatic carboxylic acids is 2. The number of benzene rings is 6. The predicted molar refractivity (Wildman–Crippen MR) is 228 cm³/mol. The molecule has 0 unspecified atom stereocenters. The van der Waals surface area contributed by atoms with Gasteiger partial charge in [-0.2, -0.15) is 0 Å². The molecule has 0 aromatic heterocycles. The van der Waals surface area contributed by atoms with Crippen LogP contribution in [0.5, 0.6) is 11.5 Å². The number of carboxylic acid groups (broad SMARTS) is 2. The molecule has 0 N–H and O–H groups in total. The van der Waals surface area contributed by atoms with Crippen molar-refractivity contribution in [2.45, 2.75) is 37.3 Å². The summed E-state index contributed by atoms with van der Waals surface area (Å²) < 4.78 is 86.5. The fourth-order valence-electron chi connectivity index (χ4n) is 7.24. The summed E-state index contributed by atoms with van der Waals surface area (Å²) >= 11 is 0. The Morgan fingerprint density at radius 3 is 1.22 bits per heavy atom. The second kappa shape index (κ2) is 22.7. The molecule has 0 atom stereocenters. The molecule has 6 aromatic carbocycles. The van der Waals surface area contributed by atoms with E-state index in [9.17, 15) is 37.4 Å². The molecule has 2 heterocycles. The van der Waals surface area contributed by atoms with Crippen LogP contribution < -0.4 is 19.7 Å². The fraction of sp³-hybridized carbons (Fsp3) is 0.240. The van der Waals surface area contributed by atoms with Crippen LogP contribution in [-0.2, 0) is 53.0 Å². The zero-order chi connectivity index (χ0) is 45.1. The molecule has 6 aromatic rings. The summed E-state index contributed by atoms with van der Waals surface area (Å²) in [6, 6.07) is 41.9. The maximum Gasteiger partial charge on any atom is 2.00 e. The Labute approximate surface area is 402 Å². The van der Waals surface area contributed by atoms with Crippen LogP contribution in [0.25, 0.3) is 22.3 Å². The van der Waals surface area contributed by atoms with Gasteiger partial charge in [0.05, 0.1) is 51.6 Å². The molecule has 65 heavy (non-hydrogen) atoms. The normalized spacial score (nSPS) is 14.5. The Kier molecular flexibility index (Phi) is 17.2. The van der Waals surface area contributed by atoms with Gasteiger partial charge in [0.2, 0.25) is 0 Å². The van der Waals surface area contributed by atoms with E-state index in [1.165, 1.54) is 12.1 Å². The van der Waals surface area contributed by atoms with Crippen LogP contribution in [0.1, 0.15) is 46.2 Å². The predicted octanol–water partition coefficient (Wildman–Crippen LogP) is 7.34. The van der Waals surface area contributed by atoms with Crippen LogP contribution in [0.4, 0.5) is 17.6 Å². The molecule has 0 amide bonds. The van der Waals surface area contributed by atoms with Crippen molar-refractivity contribution in [2.24, 2.45) is 0 Å². The molecule has 10 nitrogen and oxygen atoms in total. The van der Waals surface area contributed by atoms with Gasteiger partial charge in [0.1, 0.15) is 35.9 Å². The van der Waals surface area contributed by atoms with Crippen LogP contribution in [0.15, 0.2) is 146 Å². The van der Waals surface area contributed by atoms with Gasteiger partial charge in [-0.15, -0.1) is 0 Å². The topological polar surface area (TPSA) is 136 Å². The molecule has 2 aliphatic heterocycles. The average Bonchev–Trinajstić information content (AvgIpc) is 3.28. The molecule has 2 fully saturated rings. The Morgan fingerprint density at radius 2 is 0.892 bits per heavy atom. The van der Waals surface area contributed by atoms with Crippen molar-refractivity contribution in [3.05, 3.63) is 179 Å². The number of halogens is 4. The minimum atomic E-state index is -2.55. The van der Waals surface area contributed by atoms with Crippen LogP contribution >= 0.6 is 0 Å². The van der Waals surface area contributed by atoms with E-state index in [2.05, 4.69) is 0 Å². The van der Waals surface area contributed by atoms with Gasteiger partial charge < -0.3 is 48.2 Å². The summed E-state index contributed by atoms with van der Waals surface area (Å²) in [5, 5.41) is 21.4. The van der Waals surface area contributed by atoms with E-state index in [-0.39, 0.29) is 88.5 Å². The van der Waals surface area contributed by atoms with Crippen molar-refractivity contribution >= 4 is 49.7 Å². The molecule has 8 rings (SSSR count). The number of carboxylic acids is 2. The van der Waals surface area contributed by atoms with Gasteiger partial charge in [0.15, 0.2) is 0 Å². The Hall–Kier alpha value is -5.32. The first-order chi connectivity index (χ1) is 30.9. The van der Waals surface area contributed by atoms with Crippen molar-refractivity contribution < 1.29 is 65.8 Å². The van der Waals surface area contributed by atoms with Crippen molar-refractivity contribution in [1.82, 2.24) is 0 Å². The van der Waals surface area contributed by atoms with E-state index in [1.54, 1.807) is 72.8 Å². The molecule has 0 bridgehead atoms. The number of ether oxygens (including phenoxy) is 6. The number of hydrogen-bond acceptors (Lipinski definition) is 10. The summed E-state index contributed by atoms with van der Waals surface area (Å²) in [6.07, 6.45) is -5.10. The van der Waals surface area contributed by atoms with E-state index >= 15 is 0 Å². The number of alkyl halides is 4. The van der Waals surface area contributed by atoms with Gasteiger partial charge in [0.25, 0.3) is 12.9 Å². The summed E-state index contributed by atoms with van der Waals surface area (Å²) in [6.45, 7) is 0.597. The Bertz CT molecular complexity index is 2340. The van der Waals surface area contributed by atoms with Crippen molar-refractivity contribution in [1.29, 1.82) is 0 Å². The molecule has 332 valence electrons. The van der Waals surface area contributed by atoms with E-state index < -0.39 is 49.2 Å². The number of hydrogen-bond donors (Lipinski definition) is 0. The number of rotatable bonds is 18. The third-order valence-electron chi connectivity index (χ3n) is 10.7. The Morgan fingerprint density at radius 1 is 0.523 bits per heavy atom. The summed E-state index contributed by atoms with van der Waals surface area (Å²) in [7, 11) is 0. The zero-order valence-corrected chi connectivity index (χ0v) is 37.2. The van der Waals surface area contributed by atoms with Gasteiger partial charge in [-0.05, 0) is 80.9 Å². The molecule has 2 saturated heterocycles. The molecule has 0 spiro atoms. The molecule has 0 aliphatic carbocycles. The first-order valence-electron chi connectivity index (χ1n) is 20.2. The SMILES string of the molecule is O=C([O-])COC1(c2ccc(OCc3cccc(-c4ccccc4C(F)F)c3)cc2)COC1.O=C([O-])COC1(c2ccc(OCc3cccc(-c4ccccc4C(F)F)c3)cc2)COC1.[Ca+2]. The summed E-state index contributed by atoms with van der Waals surface area (Å²) in [5.41, 5.74) is 4.10. The standard InChI is InChI=1S/2C25H22F2O5.Ca/c2*26-24(27)22-7-2-1-6-21(22)18-5-3-4-17(12-18)13-31-20-10-8-19(9-11-20)25(15-30-16-25)32-14-23(28)29;/h2*1-12,24H,13-16H2,(H,28,29);/q;;+2/p-2. The van der Waals surface area contributed by atoms with Crippen molar-refractivity contribution in [2.75, 3.05) is 39.6 Å². The fourth-order valence-corrected chi connectivity index (χ4v) is 7.24. The van der Waals surface area contributed by atoms with Crippen molar-refractivity contribution in [3.63, 3.8) is 0 Å². The van der Waals surface area contributed by atoms with E-state index in [0.717, 1.165) is 22.3 Å². The van der Waals surface area contributed by atoms with Crippen LogP contribution in [-0.4, -0.2) is 89.3 Å². The van der Waals surface area contributed by atoms with Gasteiger partial charge in [-0.25, -0.2) is 17.6 Å². The van der Waals surface area contributed by atoms with E-state index in [1.807, 2.05) is 60.7 Å². The van der Waals surface area contributed by atoms with Gasteiger partial charge in [-0.3, -0.25) is 0 Å². The van der Waals surface area contributed by atoms with Crippen LogP contribution in [0, 0.1) is 0 Å². The third-order valence-corrected chi connectivity index (χ3v) is 10.7. The minimum Gasteiger partial charge on any atom is -0.548 e. The maximum atomic E-state index is 13.3. The van der Waals surface area contributed by atoms with Gasteiger partial charge in [-0.1, -0.05) is 109 Å².